The third-order valence-corrected chi connectivity index (χ3v) is 5.06. The molecule has 0 aromatic heterocycles. The molecule has 2 fully saturated rings. The average molecular weight is 277 g/mol. The monoisotopic (exact) mass is 277 g/mol. The van der Waals surface area contributed by atoms with Crippen LogP contribution in [0.1, 0.15) is 64.7 Å². The second-order valence-electron chi connectivity index (χ2n) is 6.33. The zero-order valence-electron chi connectivity index (χ0n) is 11.8. The van der Waals surface area contributed by atoms with Crippen LogP contribution in [0.15, 0.2) is 0 Å². The fraction of sp³-hybridized carbons (Fsp3) is 1.00. The molecule has 0 radical (unpaired) electrons. The lowest BCUT2D eigenvalue weighted by Gasteiger charge is -2.38. The van der Waals surface area contributed by atoms with Crippen LogP contribution in [-0.2, 0) is 0 Å². The first-order valence-electron chi connectivity index (χ1n) is 7.83. The van der Waals surface area contributed by atoms with Crippen molar-refractivity contribution in [2.45, 2.75) is 83.0 Å². The molecule has 0 heterocycles. The summed E-state index contributed by atoms with van der Waals surface area (Å²) in [5, 5.41) is 3.34. The summed E-state index contributed by atoms with van der Waals surface area (Å²) in [6.45, 7) is 2.21. The molecule has 2 rings (SSSR count). The zero-order chi connectivity index (χ0) is 13.9. The quantitative estimate of drug-likeness (QED) is 0.790. The minimum absolute atomic E-state index is 0.311. The van der Waals surface area contributed by atoms with E-state index in [-0.39, 0.29) is 6.04 Å². The van der Waals surface area contributed by atoms with Crippen molar-refractivity contribution < 1.29 is 13.2 Å². The molecule has 4 heteroatoms. The zero-order valence-corrected chi connectivity index (χ0v) is 11.8. The molecule has 2 unspecified atom stereocenters. The molecule has 0 bridgehead atoms. The second-order valence-corrected chi connectivity index (χ2v) is 6.33. The van der Waals surface area contributed by atoms with E-state index in [2.05, 4.69) is 12.2 Å². The summed E-state index contributed by atoms with van der Waals surface area (Å²) >= 11 is 0. The second kappa shape index (κ2) is 6.47. The van der Waals surface area contributed by atoms with Crippen LogP contribution in [0.25, 0.3) is 0 Å². The minimum Gasteiger partial charge on any atom is -0.311 e. The van der Waals surface area contributed by atoms with Gasteiger partial charge in [0.15, 0.2) is 0 Å². The third-order valence-electron chi connectivity index (χ3n) is 5.06. The topological polar surface area (TPSA) is 12.0 Å². The lowest BCUT2D eigenvalue weighted by molar-refractivity contribution is -0.189. The molecule has 1 nitrogen and oxygen atoms in total. The number of halogens is 3. The van der Waals surface area contributed by atoms with E-state index >= 15 is 0 Å². The maximum absolute atomic E-state index is 13.0. The SMILES string of the molecule is CCC1CCC(NC2CCCCC2C(F)(F)F)CC1. The molecule has 0 spiro atoms. The molecule has 2 aliphatic rings. The molecular formula is C15H26F3N. The van der Waals surface area contributed by atoms with Crippen LogP contribution in [0, 0.1) is 11.8 Å². The van der Waals surface area contributed by atoms with E-state index in [1.807, 2.05) is 0 Å². The van der Waals surface area contributed by atoms with Crippen LogP contribution in [0.4, 0.5) is 13.2 Å². The summed E-state index contributed by atoms with van der Waals surface area (Å²) in [4.78, 5) is 0. The molecular weight excluding hydrogens is 251 g/mol. The van der Waals surface area contributed by atoms with E-state index in [9.17, 15) is 13.2 Å². The summed E-state index contributed by atoms with van der Waals surface area (Å²) < 4.78 is 39.1. The van der Waals surface area contributed by atoms with Gasteiger partial charge >= 0.3 is 6.18 Å². The molecule has 2 atom stereocenters. The fourth-order valence-corrected chi connectivity index (χ4v) is 3.76. The number of rotatable bonds is 3. The first kappa shape index (κ1) is 15.1. The predicted octanol–water partition coefficient (Wildman–Crippen LogP) is 4.67. The van der Waals surface area contributed by atoms with Crippen LogP contribution in [0.2, 0.25) is 0 Å². The van der Waals surface area contributed by atoms with Crippen molar-refractivity contribution in [1.29, 1.82) is 0 Å². The van der Waals surface area contributed by atoms with Gasteiger partial charge in [0.1, 0.15) is 0 Å². The van der Waals surface area contributed by atoms with E-state index < -0.39 is 12.1 Å². The molecule has 0 aromatic rings. The van der Waals surface area contributed by atoms with E-state index in [0.29, 0.717) is 18.9 Å². The maximum atomic E-state index is 13.0. The number of alkyl halides is 3. The highest BCUT2D eigenvalue weighted by atomic mass is 19.4. The first-order valence-corrected chi connectivity index (χ1v) is 7.83. The Morgan fingerprint density at radius 2 is 1.58 bits per heavy atom. The molecule has 0 aliphatic heterocycles. The van der Waals surface area contributed by atoms with Crippen molar-refractivity contribution in [2.75, 3.05) is 0 Å². The molecule has 1 N–H and O–H groups in total. The van der Waals surface area contributed by atoms with Crippen molar-refractivity contribution in [1.82, 2.24) is 5.32 Å². The van der Waals surface area contributed by atoms with Gasteiger partial charge in [0, 0.05) is 12.1 Å². The van der Waals surface area contributed by atoms with Crippen LogP contribution < -0.4 is 5.32 Å². The molecule has 19 heavy (non-hydrogen) atoms. The van der Waals surface area contributed by atoms with Crippen LogP contribution >= 0.6 is 0 Å². The van der Waals surface area contributed by atoms with Crippen molar-refractivity contribution >= 4 is 0 Å². The Kier molecular flexibility index (Phi) is 5.15. The fourth-order valence-electron chi connectivity index (χ4n) is 3.76. The molecule has 112 valence electrons. The molecule has 0 amide bonds. The highest BCUT2D eigenvalue weighted by molar-refractivity contribution is 4.89. The number of hydrogen-bond acceptors (Lipinski definition) is 1. The normalized spacial score (nSPS) is 37.3. The Hall–Kier alpha value is -0.250. The van der Waals surface area contributed by atoms with E-state index in [1.165, 1.54) is 19.3 Å². The van der Waals surface area contributed by atoms with Crippen molar-refractivity contribution in [3.8, 4) is 0 Å². The Labute approximate surface area is 114 Å². The van der Waals surface area contributed by atoms with Crippen molar-refractivity contribution in [2.24, 2.45) is 11.8 Å². The minimum atomic E-state index is -4.03. The summed E-state index contributed by atoms with van der Waals surface area (Å²) in [5.41, 5.74) is 0. The third kappa shape index (κ3) is 4.11. The molecule has 2 saturated carbocycles. The Bertz CT molecular complexity index is 269. The summed E-state index contributed by atoms with van der Waals surface area (Å²) in [7, 11) is 0. The van der Waals surface area contributed by atoms with Gasteiger partial charge in [0.25, 0.3) is 0 Å². The number of hydrogen-bond donors (Lipinski definition) is 1. The van der Waals surface area contributed by atoms with E-state index in [0.717, 1.165) is 31.6 Å². The smallest absolute Gasteiger partial charge is 0.311 e. The van der Waals surface area contributed by atoms with Gasteiger partial charge in [-0.15, -0.1) is 0 Å². The summed E-state index contributed by atoms with van der Waals surface area (Å²) in [5.74, 6) is -0.326. The Morgan fingerprint density at radius 3 is 2.16 bits per heavy atom. The molecule has 0 saturated heterocycles. The van der Waals surface area contributed by atoms with Crippen LogP contribution in [0.3, 0.4) is 0 Å². The maximum Gasteiger partial charge on any atom is 0.393 e. The molecule has 2 aliphatic carbocycles. The highest BCUT2D eigenvalue weighted by Gasteiger charge is 2.45. The van der Waals surface area contributed by atoms with Gasteiger partial charge in [-0.2, -0.15) is 13.2 Å². The standard InChI is InChI=1S/C15H26F3N/c1-2-11-7-9-12(10-8-11)19-14-6-4-3-5-13(14)15(16,17)18/h11-14,19H,2-10H2,1H3. The van der Waals surface area contributed by atoms with Crippen molar-refractivity contribution in [3.05, 3.63) is 0 Å². The highest BCUT2D eigenvalue weighted by Crippen LogP contribution is 2.38. The average Bonchev–Trinajstić information content (AvgIpc) is 2.39. The van der Waals surface area contributed by atoms with E-state index in [4.69, 9.17) is 0 Å². The lowest BCUT2D eigenvalue weighted by atomic mass is 9.80. The first-order chi connectivity index (χ1) is 9.00. The molecule has 0 aromatic carbocycles. The predicted molar refractivity (Wildman–Crippen MR) is 71.0 cm³/mol. The van der Waals surface area contributed by atoms with E-state index in [1.54, 1.807) is 0 Å². The van der Waals surface area contributed by atoms with Crippen LogP contribution in [-0.4, -0.2) is 18.3 Å². The Balaban J connectivity index is 1.86. The van der Waals surface area contributed by atoms with Gasteiger partial charge in [-0.05, 0) is 44.4 Å². The van der Waals surface area contributed by atoms with Gasteiger partial charge in [-0.25, -0.2) is 0 Å². The van der Waals surface area contributed by atoms with Gasteiger partial charge in [-0.1, -0.05) is 26.2 Å². The van der Waals surface area contributed by atoms with Gasteiger partial charge in [0.2, 0.25) is 0 Å². The van der Waals surface area contributed by atoms with Crippen LogP contribution in [0.5, 0.6) is 0 Å². The largest absolute Gasteiger partial charge is 0.393 e. The van der Waals surface area contributed by atoms with Gasteiger partial charge < -0.3 is 5.32 Å². The summed E-state index contributed by atoms with van der Waals surface area (Å²) in [6, 6.07) is -0.0207. The Morgan fingerprint density at radius 1 is 0.947 bits per heavy atom. The van der Waals surface area contributed by atoms with Gasteiger partial charge in [-0.3, -0.25) is 0 Å². The lowest BCUT2D eigenvalue weighted by Crippen LogP contribution is -2.50. The summed E-state index contributed by atoms with van der Waals surface area (Å²) in [6.07, 6.45) is 4.32. The van der Waals surface area contributed by atoms with Crippen molar-refractivity contribution in [3.63, 3.8) is 0 Å². The number of nitrogens with one attached hydrogen (secondary N) is 1. The van der Waals surface area contributed by atoms with Gasteiger partial charge in [0.05, 0.1) is 5.92 Å².